The molecule has 0 amide bonds. The van der Waals surface area contributed by atoms with Crippen molar-refractivity contribution in [2.24, 2.45) is 0 Å². The van der Waals surface area contributed by atoms with Crippen molar-refractivity contribution in [3.05, 3.63) is 83.3 Å². The van der Waals surface area contributed by atoms with E-state index in [0.29, 0.717) is 23.0 Å². The molecule has 0 aliphatic carbocycles. The summed E-state index contributed by atoms with van der Waals surface area (Å²) in [5, 5.41) is 15.3. The van der Waals surface area contributed by atoms with Crippen molar-refractivity contribution in [2.75, 3.05) is 5.32 Å². The fourth-order valence-electron chi connectivity index (χ4n) is 2.96. The Balaban J connectivity index is 1.80. The predicted molar refractivity (Wildman–Crippen MR) is 119 cm³/mol. The van der Waals surface area contributed by atoms with Gasteiger partial charge in [-0.05, 0) is 35.9 Å². The quantitative estimate of drug-likeness (QED) is 0.268. The van der Waals surface area contributed by atoms with E-state index in [1.165, 1.54) is 36.8 Å². The highest BCUT2D eigenvalue weighted by molar-refractivity contribution is 6.31. The van der Waals surface area contributed by atoms with Gasteiger partial charge in [0.25, 0.3) is 0 Å². The standard InChI is InChI=1S/C22H13ClF4N6O2/c23-17-6-15(2-3-18(17)24)31-21-29-10-16(13-5-12(7-28-8-13)1-4-19(34)35)20(32-21)33-11-14(9-30-33)22(25,26)27/h1-11H,(H,34,35)(H,29,31,32). The van der Waals surface area contributed by atoms with Gasteiger partial charge in [-0.2, -0.15) is 23.3 Å². The molecule has 0 bridgehead atoms. The third kappa shape index (κ3) is 5.61. The van der Waals surface area contributed by atoms with E-state index in [0.717, 1.165) is 23.0 Å². The Kier molecular flexibility index (Phi) is 6.47. The number of hydrogen-bond donors (Lipinski definition) is 2. The van der Waals surface area contributed by atoms with Crippen LogP contribution in [-0.4, -0.2) is 35.8 Å². The minimum Gasteiger partial charge on any atom is -0.478 e. The molecule has 0 fully saturated rings. The van der Waals surface area contributed by atoms with Crippen molar-refractivity contribution in [1.82, 2.24) is 24.7 Å². The van der Waals surface area contributed by atoms with Crippen LogP contribution in [0.25, 0.3) is 23.0 Å². The number of halogens is 5. The number of anilines is 2. The van der Waals surface area contributed by atoms with E-state index in [1.807, 2.05) is 0 Å². The van der Waals surface area contributed by atoms with Gasteiger partial charge in [-0.1, -0.05) is 11.6 Å². The molecule has 4 aromatic rings. The molecule has 4 rings (SSSR count). The van der Waals surface area contributed by atoms with Crippen molar-refractivity contribution >= 4 is 35.3 Å². The van der Waals surface area contributed by atoms with Gasteiger partial charge in [0.05, 0.1) is 16.8 Å². The van der Waals surface area contributed by atoms with Gasteiger partial charge in [0, 0.05) is 47.7 Å². The Bertz CT molecular complexity index is 1440. The average molecular weight is 505 g/mol. The third-order valence-corrected chi connectivity index (χ3v) is 4.85. The van der Waals surface area contributed by atoms with Crippen molar-refractivity contribution in [2.45, 2.75) is 6.18 Å². The molecule has 3 heterocycles. The highest BCUT2D eigenvalue weighted by Crippen LogP contribution is 2.32. The maximum Gasteiger partial charge on any atom is 0.419 e. The summed E-state index contributed by atoms with van der Waals surface area (Å²) >= 11 is 5.79. The van der Waals surface area contributed by atoms with E-state index in [4.69, 9.17) is 16.7 Å². The minimum atomic E-state index is -4.62. The summed E-state index contributed by atoms with van der Waals surface area (Å²) in [6.45, 7) is 0. The fourth-order valence-corrected chi connectivity index (χ4v) is 3.14. The molecule has 0 radical (unpaired) electrons. The van der Waals surface area contributed by atoms with Crippen molar-refractivity contribution in [3.63, 3.8) is 0 Å². The summed E-state index contributed by atoms with van der Waals surface area (Å²) in [5.74, 6) is -1.83. The van der Waals surface area contributed by atoms with Crippen molar-refractivity contribution in [3.8, 4) is 16.9 Å². The Morgan fingerprint density at radius 2 is 1.94 bits per heavy atom. The van der Waals surface area contributed by atoms with Gasteiger partial charge in [-0.3, -0.25) is 4.98 Å². The highest BCUT2D eigenvalue weighted by atomic mass is 35.5. The fraction of sp³-hybridized carbons (Fsp3) is 0.0455. The Hall–Kier alpha value is -4.32. The van der Waals surface area contributed by atoms with Crippen LogP contribution in [0.4, 0.5) is 29.2 Å². The number of alkyl halides is 3. The lowest BCUT2D eigenvalue weighted by Gasteiger charge is -2.12. The van der Waals surface area contributed by atoms with Crippen LogP contribution < -0.4 is 5.32 Å². The number of carboxylic acids is 1. The molecule has 0 saturated carbocycles. The number of pyridine rings is 1. The molecule has 8 nitrogen and oxygen atoms in total. The van der Waals surface area contributed by atoms with Crippen LogP contribution in [-0.2, 0) is 11.0 Å². The molecule has 0 unspecified atom stereocenters. The number of aliphatic carboxylic acids is 1. The van der Waals surface area contributed by atoms with Crippen molar-refractivity contribution < 1.29 is 27.5 Å². The largest absolute Gasteiger partial charge is 0.478 e. The second-order valence-corrected chi connectivity index (χ2v) is 7.44. The van der Waals surface area contributed by atoms with E-state index in [9.17, 15) is 22.4 Å². The number of hydrogen-bond acceptors (Lipinski definition) is 6. The van der Waals surface area contributed by atoms with Gasteiger partial charge in [0.15, 0.2) is 5.82 Å². The normalized spacial score (nSPS) is 11.7. The van der Waals surface area contributed by atoms with Crippen LogP contribution >= 0.6 is 11.6 Å². The van der Waals surface area contributed by atoms with E-state index < -0.39 is 23.5 Å². The summed E-state index contributed by atoms with van der Waals surface area (Å²) < 4.78 is 53.9. The predicted octanol–water partition coefficient (Wildman–Crippen LogP) is 5.38. The number of aromatic nitrogens is 5. The van der Waals surface area contributed by atoms with E-state index in [-0.39, 0.29) is 22.4 Å². The number of carboxylic acid groups (broad SMARTS) is 1. The van der Waals surface area contributed by atoms with E-state index >= 15 is 0 Å². The van der Waals surface area contributed by atoms with Gasteiger partial charge in [-0.15, -0.1) is 0 Å². The van der Waals surface area contributed by atoms with Crippen LogP contribution in [0.1, 0.15) is 11.1 Å². The topological polar surface area (TPSA) is 106 Å². The van der Waals surface area contributed by atoms with E-state index in [2.05, 4.69) is 25.4 Å². The SMILES string of the molecule is O=C(O)C=Cc1cncc(-c2cnc(Nc3ccc(F)c(Cl)c3)nc2-n2cc(C(F)(F)F)cn2)c1. The Labute approximate surface area is 199 Å². The maximum atomic E-state index is 13.5. The van der Waals surface area contributed by atoms with Crippen molar-refractivity contribution in [1.29, 1.82) is 0 Å². The molecule has 35 heavy (non-hydrogen) atoms. The first kappa shape index (κ1) is 23.8. The highest BCUT2D eigenvalue weighted by Gasteiger charge is 2.32. The first-order valence-electron chi connectivity index (χ1n) is 9.68. The second-order valence-electron chi connectivity index (χ2n) is 7.03. The number of carbonyl (C=O) groups is 1. The van der Waals surface area contributed by atoms with E-state index in [1.54, 1.807) is 6.07 Å². The lowest BCUT2D eigenvalue weighted by molar-refractivity contribution is -0.137. The molecule has 0 aliphatic heterocycles. The number of benzene rings is 1. The van der Waals surface area contributed by atoms with Crippen LogP contribution in [0.3, 0.4) is 0 Å². The molecule has 13 heteroatoms. The van der Waals surface area contributed by atoms with Gasteiger partial charge in [0.2, 0.25) is 5.95 Å². The summed E-state index contributed by atoms with van der Waals surface area (Å²) in [6.07, 6.45) is 3.20. The third-order valence-electron chi connectivity index (χ3n) is 4.56. The van der Waals surface area contributed by atoms with Gasteiger partial charge >= 0.3 is 12.1 Å². The molecule has 0 spiro atoms. The molecule has 1 aromatic carbocycles. The monoisotopic (exact) mass is 504 g/mol. The molecular formula is C22H13ClF4N6O2. The number of nitrogens with zero attached hydrogens (tertiary/aromatic N) is 5. The minimum absolute atomic E-state index is 0.0210. The molecule has 0 saturated heterocycles. The molecule has 2 N–H and O–H groups in total. The summed E-state index contributed by atoms with van der Waals surface area (Å²) in [7, 11) is 0. The van der Waals surface area contributed by atoms with Crippen LogP contribution in [0.15, 0.2) is 61.3 Å². The zero-order valence-corrected chi connectivity index (χ0v) is 18.1. The van der Waals surface area contributed by atoms with Gasteiger partial charge in [-0.25, -0.2) is 18.9 Å². The maximum absolute atomic E-state index is 13.5. The summed E-state index contributed by atoms with van der Waals surface area (Å²) in [4.78, 5) is 23.3. The zero-order valence-electron chi connectivity index (χ0n) is 17.3. The number of nitrogens with one attached hydrogen (secondary N) is 1. The average Bonchev–Trinajstić information content (AvgIpc) is 3.31. The smallest absolute Gasteiger partial charge is 0.419 e. The molecule has 0 atom stereocenters. The zero-order chi connectivity index (χ0) is 25.2. The van der Waals surface area contributed by atoms with Gasteiger partial charge < -0.3 is 10.4 Å². The molecule has 178 valence electrons. The molecular weight excluding hydrogens is 492 g/mol. The van der Waals surface area contributed by atoms with Crippen LogP contribution in [0.2, 0.25) is 5.02 Å². The summed E-state index contributed by atoms with van der Waals surface area (Å²) in [5.41, 5.74) is 0.443. The molecule has 0 aliphatic rings. The number of rotatable bonds is 6. The van der Waals surface area contributed by atoms with Crippen LogP contribution in [0.5, 0.6) is 0 Å². The summed E-state index contributed by atoms with van der Waals surface area (Å²) in [6, 6.07) is 5.38. The first-order valence-corrected chi connectivity index (χ1v) is 10.1. The molecule has 3 aromatic heterocycles. The second kappa shape index (κ2) is 9.50. The first-order chi connectivity index (χ1) is 16.6. The Morgan fingerprint density at radius 3 is 2.63 bits per heavy atom. The van der Waals surface area contributed by atoms with Crippen LogP contribution in [0, 0.1) is 5.82 Å². The Morgan fingerprint density at radius 1 is 1.14 bits per heavy atom. The van der Waals surface area contributed by atoms with Gasteiger partial charge in [0.1, 0.15) is 5.82 Å². The lowest BCUT2D eigenvalue weighted by Crippen LogP contribution is -2.07. The lowest BCUT2D eigenvalue weighted by atomic mass is 10.1.